The lowest BCUT2D eigenvalue weighted by atomic mass is 10.1. The molecule has 0 saturated carbocycles. The van der Waals surface area contributed by atoms with Crippen LogP contribution in [0.15, 0.2) is 54.7 Å². The van der Waals surface area contributed by atoms with Crippen LogP contribution in [0.4, 0.5) is 0 Å². The SMILES string of the molecule is O=C([O-])Cc1cn(Cc2cccc(Cl)c2)c2ccccc12. The average Bonchev–Trinajstić information content (AvgIpc) is 2.77. The summed E-state index contributed by atoms with van der Waals surface area (Å²) in [5.74, 6) is -1.07. The summed E-state index contributed by atoms with van der Waals surface area (Å²) in [5, 5.41) is 12.5. The second-order valence-corrected chi connectivity index (χ2v) is 5.41. The number of carboxylic acids is 1. The quantitative estimate of drug-likeness (QED) is 0.743. The zero-order valence-corrected chi connectivity index (χ0v) is 12.0. The Balaban J connectivity index is 2.04. The Bertz CT molecular complexity index is 807. The van der Waals surface area contributed by atoms with Crippen molar-refractivity contribution in [3.63, 3.8) is 0 Å². The van der Waals surface area contributed by atoms with E-state index in [-0.39, 0.29) is 6.42 Å². The molecule has 0 atom stereocenters. The molecule has 106 valence electrons. The normalized spacial score (nSPS) is 10.9. The first kappa shape index (κ1) is 13.7. The van der Waals surface area contributed by atoms with E-state index in [0.29, 0.717) is 11.6 Å². The van der Waals surface area contributed by atoms with E-state index in [0.717, 1.165) is 22.0 Å². The number of aromatic nitrogens is 1. The Kier molecular flexibility index (Phi) is 3.67. The average molecular weight is 299 g/mol. The summed E-state index contributed by atoms with van der Waals surface area (Å²) in [5.41, 5.74) is 2.85. The largest absolute Gasteiger partial charge is 0.550 e. The highest BCUT2D eigenvalue weighted by molar-refractivity contribution is 6.30. The van der Waals surface area contributed by atoms with Crippen molar-refractivity contribution < 1.29 is 9.90 Å². The van der Waals surface area contributed by atoms with Crippen molar-refractivity contribution in [2.45, 2.75) is 13.0 Å². The van der Waals surface area contributed by atoms with Gasteiger partial charge in [0, 0.05) is 41.1 Å². The van der Waals surface area contributed by atoms with Crippen LogP contribution >= 0.6 is 11.6 Å². The zero-order valence-electron chi connectivity index (χ0n) is 11.3. The fourth-order valence-electron chi connectivity index (χ4n) is 2.58. The zero-order chi connectivity index (χ0) is 14.8. The number of carbonyl (C=O) groups is 1. The number of nitrogens with zero attached hydrogens (tertiary/aromatic N) is 1. The van der Waals surface area contributed by atoms with Crippen LogP contribution in [0.2, 0.25) is 5.02 Å². The highest BCUT2D eigenvalue weighted by Gasteiger charge is 2.08. The maximum atomic E-state index is 10.9. The molecule has 3 aromatic rings. The summed E-state index contributed by atoms with van der Waals surface area (Å²) in [6.07, 6.45) is 1.80. The van der Waals surface area contributed by atoms with Gasteiger partial charge in [-0.15, -0.1) is 0 Å². The second-order valence-electron chi connectivity index (χ2n) is 4.98. The Morgan fingerprint density at radius 1 is 1.14 bits per heavy atom. The van der Waals surface area contributed by atoms with Gasteiger partial charge < -0.3 is 14.5 Å². The van der Waals surface area contributed by atoms with Crippen molar-refractivity contribution in [2.75, 3.05) is 0 Å². The predicted molar refractivity (Wildman–Crippen MR) is 81.2 cm³/mol. The second kappa shape index (κ2) is 5.62. The van der Waals surface area contributed by atoms with Crippen molar-refractivity contribution in [3.8, 4) is 0 Å². The highest BCUT2D eigenvalue weighted by Crippen LogP contribution is 2.23. The molecule has 4 heteroatoms. The molecular weight excluding hydrogens is 286 g/mol. The molecule has 1 heterocycles. The van der Waals surface area contributed by atoms with Gasteiger partial charge in [0.15, 0.2) is 0 Å². The Morgan fingerprint density at radius 2 is 1.95 bits per heavy atom. The summed E-state index contributed by atoms with van der Waals surface area (Å²) in [6.45, 7) is 0.647. The maximum absolute atomic E-state index is 10.9. The number of hydrogen-bond donors (Lipinski definition) is 0. The van der Waals surface area contributed by atoms with Crippen LogP contribution in [0.1, 0.15) is 11.1 Å². The summed E-state index contributed by atoms with van der Waals surface area (Å²) in [6, 6.07) is 15.4. The Hall–Kier alpha value is -2.26. The first-order chi connectivity index (χ1) is 10.1. The van der Waals surface area contributed by atoms with E-state index < -0.39 is 5.97 Å². The summed E-state index contributed by atoms with van der Waals surface area (Å²) in [4.78, 5) is 10.9. The number of hydrogen-bond acceptors (Lipinski definition) is 2. The molecule has 0 radical (unpaired) electrons. The maximum Gasteiger partial charge on any atom is 0.0486 e. The van der Waals surface area contributed by atoms with E-state index in [4.69, 9.17) is 11.6 Å². The van der Waals surface area contributed by atoms with Gasteiger partial charge in [-0.25, -0.2) is 0 Å². The fraction of sp³-hybridized carbons (Fsp3) is 0.118. The third-order valence-corrected chi connectivity index (χ3v) is 3.68. The number of halogens is 1. The van der Waals surface area contributed by atoms with Gasteiger partial charge in [0.2, 0.25) is 0 Å². The number of benzene rings is 2. The molecule has 0 spiro atoms. The van der Waals surface area contributed by atoms with Gasteiger partial charge >= 0.3 is 0 Å². The first-order valence-electron chi connectivity index (χ1n) is 6.64. The van der Waals surface area contributed by atoms with Crippen LogP contribution in [0.25, 0.3) is 10.9 Å². The molecule has 0 fully saturated rings. The summed E-state index contributed by atoms with van der Waals surface area (Å²) < 4.78 is 2.04. The minimum atomic E-state index is -1.07. The van der Waals surface area contributed by atoms with E-state index in [2.05, 4.69) is 0 Å². The highest BCUT2D eigenvalue weighted by atomic mass is 35.5. The smallest absolute Gasteiger partial charge is 0.0486 e. The number of fused-ring (bicyclic) bond motifs is 1. The molecular formula is C17H13ClNO2-. The van der Waals surface area contributed by atoms with Crippen molar-refractivity contribution in [1.29, 1.82) is 0 Å². The third-order valence-electron chi connectivity index (χ3n) is 3.45. The van der Waals surface area contributed by atoms with Gasteiger partial charge in [0.25, 0.3) is 0 Å². The van der Waals surface area contributed by atoms with Crippen LogP contribution in [0.3, 0.4) is 0 Å². The molecule has 0 aliphatic heterocycles. The number of carbonyl (C=O) groups excluding carboxylic acids is 1. The molecule has 0 N–H and O–H groups in total. The van der Waals surface area contributed by atoms with Crippen molar-refractivity contribution in [1.82, 2.24) is 4.57 Å². The first-order valence-corrected chi connectivity index (χ1v) is 7.02. The molecule has 2 aromatic carbocycles. The molecule has 3 nitrogen and oxygen atoms in total. The molecule has 1 aromatic heterocycles. The van der Waals surface area contributed by atoms with Crippen LogP contribution in [-0.4, -0.2) is 10.5 Å². The number of aliphatic carboxylic acids is 1. The molecule has 0 saturated heterocycles. The Morgan fingerprint density at radius 3 is 2.71 bits per heavy atom. The minimum absolute atomic E-state index is 0.0803. The monoisotopic (exact) mass is 298 g/mol. The number of para-hydroxylation sites is 1. The van der Waals surface area contributed by atoms with E-state index >= 15 is 0 Å². The molecule has 0 bridgehead atoms. The van der Waals surface area contributed by atoms with E-state index in [9.17, 15) is 9.90 Å². The van der Waals surface area contributed by atoms with Gasteiger partial charge in [0.05, 0.1) is 0 Å². The lowest BCUT2D eigenvalue weighted by Crippen LogP contribution is -2.24. The van der Waals surface area contributed by atoms with Crippen LogP contribution < -0.4 is 5.11 Å². The lowest BCUT2D eigenvalue weighted by Gasteiger charge is -2.06. The molecule has 0 aliphatic rings. The van der Waals surface area contributed by atoms with Gasteiger partial charge in [-0.05, 0) is 29.3 Å². The molecule has 0 unspecified atom stereocenters. The van der Waals surface area contributed by atoms with E-state index in [1.165, 1.54) is 0 Å². The predicted octanol–water partition coefficient (Wildman–Crippen LogP) is 2.64. The topological polar surface area (TPSA) is 45.1 Å². The molecule has 0 aliphatic carbocycles. The van der Waals surface area contributed by atoms with Crippen molar-refractivity contribution in [2.24, 2.45) is 0 Å². The summed E-state index contributed by atoms with van der Waals surface area (Å²) in [7, 11) is 0. The van der Waals surface area contributed by atoms with Crippen molar-refractivity contribution in [3.05, 3.63) is 70.9 Å². The van der Waals surface area contributed by atoms with Gasteiger partial charge in [0.1, 0.15) is 0 Å². The standard InChI is InChI=1S/C17H14ClNO2/c18-14-5-3-4-12(8-14)10-19-11-13(9-17(20)21)15-6-1-2-7-16(15)19/h1-8,11H,9-10H2,(H,20,21)/p-1. The van der Waals surface area contributed by atoms with Gasteiger partial charge in [-0.1, -0.05) is 41.9 Å². The molecule has 0 amide bonds. The molecule has 21 heavy (non-hydrogen) atoms. The van der Waals surface area contributed by atoms with Gasteiger partial charge in [-0.2, -0.15) is 0 Å². The van der Waals surface area contributed by atoms with Crippen LogP contribution in [0.5, 0.6) is 0 Å². The van der Waals surface area contributed by atoms with Crippen molar-refractivity contribution >= 4 is 28.5 Å². The fourth-order valence-corrected chi connectivity index (χ4v) is 2.79. The summed E-state index contributed by atoms with van der Waals surface area (Å²) >= 11 is 6.01. The van der Waals surface area contributed by atoms with Crippen LogP contribution in [0, 0.1) is 0 Å². The number of carboxylic acid groups (broad SMARTS) is 1. The lowest BCUT2D eigenvalue weighted by molar-refractivity contribution is -0.304. The number of rotatable bonds is 4. The van der Waals surface area contributed by atoms with Crippen LogP contribution in [-0.2, 0) is 17.8 Å². The minimum Gasteiger partial charge on any atom is -0.550 e. The van der Waals surface area contributed by atoms with E-state index in [1.54, 1.807) is 0 Å². The van der Waals surface area contributed by atoms with Gasteiger partial charge in [-0.3, -0.25) is 0 Å². The molecule has 3 rings (SSSR count). The third kappa shape index (κ3) is 2.93. The van der Waals surface area contributed by atoms with E-state index in [1.807, 2.05) is 59.3 Å². The Labute approximate surface area is 127 Å².